The molecule has 4 aromatic carbocycles. The van der Waals surface area contributed by atoms with Gasteiger partial charge in [-0.3, -0.25) is 19.4 Å². The van der Waals surface area contributed by atoms with Crippen molar-refractivity contribution < 1.29 is 54.9 Å². The van der Waals surface area contributed by atoms with Crippen LogP contribution in [-0.4, -0.2) is 132 Å². The Kier molecular flexibility index (Phi) is 17.2. The first-order valence-electron chi connectivity index (χ1n) is 23.4. The summed E-state index contributed by atoms with van der Waals surface area (Å²) in [5.74, 6) is -0.0344. The molecular formula is C50H55ClF6N10O6. The average Bonchev–Trinajstić information content (AvgIpc) is 3.33. The molecule has 16 nitrogen and oxygen atoms in total. The van der Waals surface area contributed by atoms with Gasteiger partial charge in [-0.2, -0.15) is 0 Å². The molecule has 8 rings (SSSR count). The largest absolute Gasteiger partial charge is 0.573 e. The van der Waals surface area contributed by atoms with E-state index in [1.54, 1.807) is 18.2 Å². The molecule has 23 heteroatoms. The fourth-order valence-corrected chi connectivity index (χ4v) is 8.29. The quantitative estimate of drug-likeness (QED) is 0.0994. The average molecular weight is 1040 g/mol. The van der Waals surface area contributed by atoms with Gasteiger partial charge in [0, 0.05) is 92.7 Å². The van der Waals surface area contributed by atoms with E-state index in [-0.39, 0.29) is 28.9 Å². The monoisotopic (exact) mass is 1040 g/mol. The summed E-state index contributed by atoms with van der Waals surface area (Å²) in [6, 6.07) is 19.8. The number of anilines is 4. The van der Waals surface area contributed by atoms with Crippen molar-refractivity contribution in [2.75, 3.05) is 86.0 Å². The number of fused-ring (bicyclic) bond motifs is 2. The summed E-state index contributed by atoms with van der Waals surface area (Å²) in [4.78, 5) is 52.8. The number of carbonyl (C=O) groups is 2. The van der Waals surface area contributed by atoms with E-state index < -0.39 is 36.9 Å². The SMILES string of the molecule is Cc1nc(N2CCN(C(C)C)CC2)nc2ccc(NC(=O)COc3ccc(OC(F)(F)F)cc3)cc12.Cc1nc(N2CCN(C(C)C)CC2)nc2ccc(NC(=O)COc3ccc(OC(F)(F)F)cc3Cl)cc12. The molecule has 390 valence electrons. The lowest BCUT2D eigenvalue weighted by Crippen LogP contribution is -2.49. The predicted octanol–water partition coefficient (Wildman–Crippen LogP) is 9.42. The van der Waals surface area contributed by atoms with Gasteiger partial charge in [0.1, 0.15) is 23.0 Å². The maximum atomic E-state index is 12.4. The number of amides is 2. The lowest BCUT2D eigenvalue weighted by Gasteiger charge is -2.37. The first-order chi connectivity index (χ1) is 34.5. The number of rotatable bonds is 14. The van der Waals surface area contributed by atoms with Crippen molar-refractivity contribution in [2.45, 2.75) is 66.4 Å². The Balaban J connectivity index is 0.000000214. The fourth-order valence-electron chi connectivity index (χ4n) is 8.07. The second kappa shape index (κ2) is 23.3. The third-order valence-electron chi connectivity index (χ3n) is 11.9. The highest BCUT2D eigenvalue weighted by molar-refractivity contribution is 6.32. The molecule has 2 N–H and O–H groups in total. The molecule has 4 heterocycles. The summed E-state index contributed by atoms with van der Waals surface area (Å²) in [5, 5.41) is 7.02. The van der Waals surface area contributed by atoms with E-state index in [9.17, 15) is 35.9 Å². The normalized spacial score (nSPS) is 14.8. The van der Waals surface area contributed by atoms with Crippen molar-refractivity contribution in [1.29, 1.82) is 0 Å². The van der Waals surface area contributed by atoms with Crippen LogP contribution < -0.4 is 39.4 Å². The number of piperazine rings is 2. The topological polar surface area (TPSA) is 160 Å². The Hall–Kier alpha value is -6.91. The van der Waals surface area contributed by atoms with Gasteiger partial charge in [0.2, 0.25) is 11.9 Å². The molecule has 0 atom stereocenters. The zero-order valence-corrected chi connectivity index (χ0v) is 41.7. The van der Waals surface area contributed by atoms with Crippen molar-refractivity contribution in [3.63, 3.8) is 0 Å². The lowest BCUT2D eigenvalue weighted by atomic mass is 10.1. The number of aryl methyl sites for hydroxylation is 2. The van der Waals surface area contributed by atoms with Gasteiger partial charge in [-0.25, -0.2) is 19.9 Å². The minimum Gasteiger partial charge on any atom is -0.484 e. The number of hydrogen-bond donors (Lipinski definition) is 2. The minimum atomic E-state index is -4.83. The summed E-state index contributed by atoms with van der Waals surface area (Å²) in [6.07, 6.45) is -9.60. The van der Waals surface area contributed by atoms with Crippen LogP contribution in [0.2, 0.25) is 5.02 Å². The van der Waals surface area contributed by atoms with Crippen molar-refractivity contribution >= 4 is 68.5 Å². The van der Waals surface area contributed by atoms with E-state index in [1.165, 1.54) is 18.2 Å². The first kappa shape index (κ1) is 53.9. The van der Waals surface area contributed by atoms with Crippen LogP contribution in [0.25, 0.3) is 21.8 Å². The molecule has 0 bridgehead atoms. The van der Waals surface area contributed by atoms with Gasteiger partial charge in [-0.1, -0.05) is 11.6 Å². The Morgan fingerprint density at radius 3 is 1.40 bits per heavy atom. The summed E-state index contributed by atoms with van der Waals surface area (Å²) in [7, 11) is 0. The van der Waals surface area contributed by atoms with Gasteiger partial charge < -0.3 is 39.4 Å². The zero-order chi connectivity index (χ0) is 52.6. The molecule has 2 aromatic heterocycles. The van der Waals surface area contributed by atoms with E-state index in [4.69, 9.17) is 41.0 Å². The maximum absolute atomic E-state index is 12.4. The van der Waals surface area contributed by atoms with Crippen molar-refractivity contribution in [2.24, 2.45) is 0 Å². The number of ether oxygens (including phenoxy) is 4. The van der Waals surface area contributed by atoms with Gasteiger partial charge in [-0.15, -0.1) is 26.3 Å². The molecule has 73 heavy (non-hydrogen) atoms. The third-order valence-corrected chi connectivity index (χ3v) is 12.2. The van der Waals surface area contributed by atoms with Crippen LogP contribution in [-0.2, 0) is 9.59 Å². The molecule has 2 aliphatic rings. The number of halogens is 7. The minimum absolute atomic E-state index is 0.0517. The van der Waals surface area contributed by atoms with Crippen LogP contribution >= 0.6 is 11.6 Å². The van der Waals surface area contributed by atoms with Crippen LogP contribution in [0.5, 0.6) is 23.0 Å². The zero-order valence-electron chi connectivity index (χ0n) is 40.9. The Bertz CT molecular complexity index is 2880. The first-order valence-corrected chi connectivity index (χ1v) is 23.7. The third kappa shape index (κ3) is 15.3. The van der Waals surface area contributed by atoms with Crippen LogP contribution in [0.4, 0.5) is 49.6 Å². The molecule has 6 aromatic rings. The van der Waals surface area contributed by atoms with Crippen LogP contribution in [0.3, 0.4) is 0 Å². The van der Waals surface area contributed by atoms with Gasteiger partial charge in [0.05, 0.1) is 27.4 Å². The van der Waals surface area contributed by atoms with Crippen molar-refractivity contribution in [3.8, 4) is 23.0 Å². The van der Waals surface area contributed by atoms with Gasteiger partial charge in [-0.05, 0) is 114 Å². The Morgan fingerprint density at radius 2 is 0.973 bits per heavy atom. The Morgan fingerprint density at radius 1 is 0.562 bits per heavy atom. The maximum Gasteiger partial charge on any atom is 0.573 e. The number of carbonyl (C=O) groups excluding carboxylic acids is 2. The molecule has 2 saturated heterocycles. The van der Waals surface area contributed by atoms with Crippen LogP contribution in [0, 0.1) is 13.8 Å². The number of hydrogen-bond acceptors (Lipinski definition) is 14. The fraction of sp³-hybridized carbons (Fsp3) is 0.400. The highest BCUT2D eigenvalue weighted by Crippen LogP contribution is 2.32. The molecule has 0 radical (unpaired) electrons. The number of alkyl halides is 6. The molecule has 2 fully saturated rings. The van der Waals surface area contributed by atoms with Gasteiger partial charge >= 0.3 is 12.7 Å². The van der Waals surface area contributed by atoms with Gasteiger partial charge in [0.25, 0.3) is 11.8 Å². The number of nitrogens with one attached hydrogen (secondary N) is 2. The highest BCUT2D eigenvalue weighted by Gasteiger charge is 2.32. The van der Waals surface area contributed by atoms with E-state index in [0.717, 1.165) is 110 Å². The van der Waals surface area contributed by atoms with E-state index in [2.05, 4.69) is 67.4 Å². The molecular weight excluding hydrogens is 986 g/mol. The van der Waals surface area contributed by atoms with Gasteiger partial charge in [0.15, 0.2) is 13.2 Å². The summed E-state index contributed by atoms with van der Waals surface area (Å²) in [5.41, 5.74) is 4.28. The molecule has 2 amide bonds. The molecule has 0 unspecified atom stereocenters. The Labute approximate surface area is 422 Å². The van der Waals surface area contributed by atoms with E-state index in [1.807, 2.05) is 32.0 Å². The molecule has 2 aliphatic heterocycles. The number of benzene rings is 4. The standard InChI is InChI=1S/C25H27ClF3N5O3.C25H28F3N5O3/c1-15(2)33-8-10-34(11-9-33)24-30-16(3)19-12-17(4-6-21(19)32-24)31-23(35)14-36-22-7-5-18(13-20(22)26)37-25(27,28)29;1-16(2)32-10-12-33(13-11-32)24-29-17(3)21-14-18(4-9-22(21)31-24)30-23(34)15-35-19-5-7-20(8-6-19)36-25(26,27)28/h4-7,12-13,15H,8-11,14H2,1-3H3,(H,31,35);4-9,14,16H,10-13,15H2,1-3H3,(H,30,34). The summed E-state index contributed by atoms with van der Waals surface area (Å²) < 4.78 is 92.1. The number of nitrogens with zero attached hydrogens (tertiary/aromatic N) is 8. The predicted molar refractivity (Wildman–Crippen MR) is 266 cm³/mol. The van der Waals surface area contributed by atoms with Crippen LogP contribution in [0.1, 0.15) is 39.1 Å². The highest BCUT2D eigenvalue weighted by atomic mass is 35.5. The van der Waals surface area contributed by atoms with Crippen molar-refractivity contribution in [3.05, 3.63) is 95.3 Å². The second-order valence-corrected chi connectivity index (χ2v) is 18.2. The molecule has 0 aliphatic carbocycles. The number of aromatic nitrogens is 4. The van der Waals surface area contributed by atoms with E-state index in [0.29, 0.717) is 35.4 Å². The smallest absolute Gasteiger partial charge is 0.484 e. The lowest BCUT2D eigenvalue weighted by molar-refractivity contribution is -0.275. The van der Waals surface area contributed by atoms with Crippen molar-refractivity contribution in [1.82, 2.24) is 29.7 Å². The molecule has 0 saturated carbocycles. The molecule has 0 spiro atoms. The van der Waals surface area contributed by atoms with Crippen LogP contribution in [0.15, 0.2) is 78.9 Å². The summed E-state index contributed by atoms with van der Waals surface area (Å²) >= 11 is 5.95. The second-order valence-electron chi connectivity index (χ2n) is 17.7. The van der Waals surface area contributed by atoms with E-state index >= 15 is 0 Å². The summed E-state index contributed by atoms with van der Waals surface area (Å²) in [6.45, 7) is 19.2.